The second-order valence-electron chi connectivity index (χ2n) is 3.47. The van der Waals surface area contributed by atoms with E-state index in [1.807, 2.05) is 0 Å². The number of Topliss-reactive ketones (excluding diaryl/α,β-unsaturated/α-hetero) is 1. The quantitative estimate of drug-likeness (QED) is 0.783. The molecule has 0 radical (unpaired) electrons. The monoisotopic (exact) mass is 269 g/mol. The van der Waals surface area contributed by atoms with Crippen LogP contribution in [0.3, 0.4) is 0 Å². The number of carbonyl (C=O) groups is 1. The van der Waals surface area contributed by atoms with Crippen LogP contribution in [0.2, 0.25) is 0 Å². The van der Waals surface area contributed by atoms with E-state index in [1.54, 1.807) is 11.7 Å². The number of halogens is 2. The first-order valence-corrected chi connectivity index (χ1v) is 5.98. The predicted octanol–water partition coefficient (Wildman–Crippen LogP) is 3.17. The maximum Gasteiger partial charge on any atom is 0.387 e. The van der Waals surface area contributed by atoms with Crippen LogP contribution in [0.25, 0.3) is 0 Å². The molecule has 1 heterocycles. The van der Waals surface area contributed by atoms with Gasteiger partial charge in [0.2, 0.25) is 0 Å². The van der Waals surface area contributed by atoms with Crippen molar-refractivity contribution in [3.05, 3.63) is 46.4 Å². The summed E-state index contributed by atoms with van der Waals surface area (Å²) in [4.78, 5) is 16.6. The molecule has 0 fully saturated rings. The third-order valence-corrected chi connectivity index (χ3v) is 3.00. The number of aromatic nitrogens is 1. The van der Waals surface area contributed by atoms with E-state index in [-0.39, 0.29) is 18.0 Å². The van der Waals surface area contributed by atoms with Crippen molar-refractivity contribution in [3.63, 3.8) is 0 Å². The molecule has 94 valence electrons. The van der Waals surface area contributed by atoms with E-state index in [0.29, 0.717) is 5.56 Å². The number of ketones is 1. The van der Waals surface area contributed by atoms with Gasteiger partial charge in [-0.25, -0.2) is 0 Å². The third kappa shape index (κ3) is 3.33. The highest BCUT2D eigenvalue weighted by Gasteiger charge is 2.09. The van der Waals surface area contributed by atoms with Gasteiger partial charge in [-0.3, -0.25) is 9.78 Å². The highest BCUT2D eigenvalue weighted by atomic mass is 32.1. The SMILES string of the molecule is O=C(Cc1cncs1)c1ccc(OC(F)F)cc1. The number of hydrogen-bond donors (Lipinski definition) is 0. The van der Waals surface area contributed by atoms with Gasteiger partial charge >= 0.3 is 6.61 Å². The zero-order valence-corrected chi connectivity index (χ0v) is 9.99. The van der Waals surface area contributed by atoms with Gasteiger partial charge in [0, 0.05) is 23.1 Å². The molecule has 0 aliphatic heterocycles. The summed E-state index contributed by atoms with van der Waals surface area (Å²) in [6.45, 7) is -2.86. The van der Waals surface area contributed by atoms with Gasteiger partial charge < -0.3 is 4.74 Å². The number of nitrogens with zero attached hydrogens (tertiary/aromatic N) is 1. The van der Waals surface area contributed by atoms with Crippen LogP contribution in [0.5, 0.6) is 5.75 Å². The molecule has 0 saturated carbocycles. The molecular formula is C12H9F2NO2S. The van der Waals surface area contributed by atoms with Crippen LogP contribution in [-0.4, -0.2) is 17.4 Å². The zero-order valence-electron chi connectivity index (χ0n) is 9.18. The first-order valence-electron chi connectivity index (χ1n) is 5.10. The number of rotatable bonds is 5. The number of benzene rings is 1. The Morgan fingerprint density at radius 3 is 2.61 bits per heavy atom. The van der Waals surface area contributed by atoms with Crippen LogP contribution in [0.15, 0.2) is 36.0 Å². The zero-order chi connectivity index (χ0) is 13.0. The maximum atomic E-state index is 11.9. The Morgan fingerprint density at radius 2 is 2.06 bits per heavy atom. The van der Waals surface area contributed by atoms with Gasteiger partial charge in [-0.1, -0.05) is 0 Å². The average molecular weight is 269 g/mol. The number of ether oxygens (including phenoxy) is 1. The number of hydrogen-bond acceptors (Lipinski definition) is 4. The molecule has 2 aromatic rings. The third-order valence-electron chi connectivity index (χ3n) is 2.22. The summed E-state index contributed by atoms with van der Waals surface area (Å²) < 4.78 is 28.1. The molecule has 18 heavy (non-hydrogen) atoms. The summed E-state index contributed by atoms with van der Waals surface area (Å²) in [7, 11) is 0. The summed E-state index contributed by atoms with van der Waals surface area (Å²) in [5.41, 5.74) is 2.12. The Hall–Kier alpha value is -1.82. The molecule has 3 nitrogen and oxygen atoms in total. The van der Waals surface area contributed by atoms with Gasteiger partial charge in [-0.05, 0) is 24.3 Å². The van der Waals surface area contributed by atoms with Crippen molar-refractivity contribution in [3.8, 4) is 5.75 Å². The molecule has 0 bridgehead atoms. The lowest BCUT2D eigenvalue weighted by molar-refractivity contribution is -0.0498. The van der Waals surface area contributed by atoms with Gasteiger partial charge in [0.1, 0.15) is 5.75 Å². The molecule has 0 spiro atoms. The van der Waals surface area contributed by atoms with E-state index in [0.717, 1.165) is 4.88 Å². The van der Waals surface area contributed by atoms with Gasteiger partial charge in [0.15, 0.2) is 5.78 Å². The molecule has 0 atom stereocenters. The molecule has 0 amide bonds. The van der Waals surface area contributed by atoms with Crippen LogP contribution in [0, 0.1) is 0 Å². The molecule has 2 rings (SSSR count). The summed E-state index contributed by atoms with van der Waals surface area (Å²) in [5, 5.41) is 0. The lowest BCUT2D eigenvalue weighted by Crippen LogP contribution is -2.04. The van der Waals surface area contributed by atoms with Gasteiger partial charge in [0.25, 0.3) is 0 Å². The molecule has 0 aliphatic carbocycles. The first-order chi connectivity index (χ1) is 8.65. The van der Waals surface area contributed by atoms with Crippen molar-refractivity contribution in [2.24, 2.45) is 0 Å². The molecule has 6 heteroatoms. The van der Waals surface area contributed by atoms with E-state index < -0.39 is 6.61 Å². The predicted molar refractivity (Wildman–Crippen MR) is 63.2 cm³/mol. The van der Waals surface area contributed by atoms with Crippen molar-refractivity contribution >= 4 is 17.1 Å². The minimum atomic E-state index is -2.86. The lowest BCUT2D eigenvalue weighted by atomic mass is 10.1. The van der Waals surface area contributed by atoms with Crippen LogP contribution in [-0.2, 0) is 6.42 Å². The van der Waals surface area contributed by atoms with E-state index in [4.69, 9.17) is 0 Å². The normalized spacial score (nSPS) is 10.6. The number of thiazole rings is 1. The standard InChI is InChI=1S/C12H9F2NO2S/c13-12(14)17-9-3-1-8(2-4-9)11(16)5-10-6-15-7-18-10/h1-4,6-7,12H,5H2. The van der Waals surface area contributed by atoms with Crippen LogP contribution in [0.1, 0.15) is 15.2 Å². The molecule has 1 aromatic heterocycles. The van der Waals surface area contributed by atoms with Gasteiger partial charge in [-0.15, -0.1) is 11.3 Å². The Morgan fingerprint density at radius 1 is 1.33 bits per heavy atom. The summed E-state index contributed by atoms with van der Waals surface area (Å²) in [6.07, 6.45) is 1.90. The lowest BCUT2D eigenvalue weighted by Gasteiger charge is -2.04. The van der Waals surface area contributed by atoms with Crippen LogP contribution >= 0.6 is 11.3 Å². The minimum absolute atomic E-state index is 0.0411. The largest absolute Gasteiger partial charge is 0.435 e. The van der Waals surface area contributed by atoms with E-state index >= 15 is 0 Å². The molecule has 0 N–H and O–H groups in total. The van der Waals surface area contributed by atoms with Crippen LogP contribution < -0.4 is 4.74 Å². The summed E-state index contributed by atoms with van der Waals surface area (Å²) >= 11 is 1.40. The topological polar surface area (TPSA) is 39.2 Å². The van der Waals surface area contributed by atoms with Crippen molar-refractivity contribution in [2.75, 3.05) is 0 Å². The fourth-order valence-corrected chi connectivity index (χ4v) is 2.01. The Balaban J connectivity index is 2.03. The summed E-state index contributed by atoms with van der Waals surface area (Å²) in [5.74, 6) is -0.0396. The number of carbonyl (C=O) groups excluding carboxylic acids is 1. The van der Waals surface area contributed by atoms with Crippen molar-refractivity contribution in [2.45, 2.75) is 13.0 Å². The molecular weight excluding hydrogens is 260 g/mol. The number of alkyl halides is 2. The summed E-state index contributed by atoms with van der Waals surface area (Å²) in [6, 6.07) is 5.65. The smallest absolute Gasteiger partial charge is 0.387 e. The Kier molecular flexibility index (Phi) is 3.99. The second-order valence-corrected chi connectivity index (χ2v) is 4.44. The highest BCUT2D eigenvalue weighted by Crippen LogP contribution is 2.17. The first kappa shape index (κ1) is 12.6. The van der Waals surface area contributed by atoms with E-state index in [1.165, 1.54) is 35.6 Å². The van der Waals surface area contributed by atoms with Crippen LogP contribution in [0.4, 0.5) is 8.78 Å². The fraction of sp³-hybridized carbons (Fsp3) is 0.167. The van der Waals surface area contributed by atoms with Crippen molar-refractivity contribution < 1.29 is 18.3 Å². The Bertz CT molecular complexity index is 511. The van der Waals surface area contributed by atoms with Crippen molar-refractivity contribution in [1.29, 1.82) is 0 Å². The second kappa shape index (κ2) is 5.68. The fourth-order valence-electron chi connectivity index (χ4n) is 1.41. The molecule has 0 saturated heterocycles. The minimum Gasteiger partial charge on any atom is -0.435 e. The highest BCUT2D eigenvalue weighted by molar-refractivity contribution is 7.09. The Labute approximate surface area is 106 Å². The van der Waals surface area contributed by atoms with Gasteiger partial charge in [0.05, 0.1) is 5.51 Å². The van der Waals surface area contributed by atoms with E-state index in [2.05, 4.69) is 9.72 Å². The molecule has 0 unspecified atom stereocenters. The molecule has 0 aliphatic rings. The van der Waals surface area contributed by atoms with Crippen molar-refractivity contribution in [1.82, 2.24) is 4.98 Å². The maximum absolute atomic E-state index is 11.9. The van der Waals surface area contributed by atoms with E-state index in [9.17, 15) is 13.6 Å². The average Bonchev–Trinajstić information content (AvgIpc) is 2.82. The molecule has 1 aromatic carbocycles. The van der Waals surface area contributed by atoms with Gasteiger partial charge in [-0.2, -0.15) is 8.78 Å².